The average Bonchev–Trinajstić information content (AvgIpc) is 2.91. The Balaban J connectivity index is 1.59. The van der Waals surface area contributed by atoms with Gasteiger partial charge in [0.1, 0.15) is 0 Å². The summed E-state index contributed by atoms with van der Waals surface area (Å²) in [5.41, 5.74) is 0. The maximum Gasteiger partial charge on any atom is 0.0465 e. The van der Waals surface area contributed by atoms with Gasteiger partial charge < -0.3 is 5.11 Å². The minimum atomic E-state index is 0.438. The summed E-state index contributed by atoms with van der Waals surface area (Å²) in [5, 5.41) is 8.93. The second-order valence-corrected chi connectivity index (χ2v) is 4.36. The lowest BCUT2D eigenvalue weighted by atomic mass is 10.3. The van der Waals surface area contributed by atoms with Gasteiger partial charge in [0.2, 0.25) is 0 Å². The second kappa shape index (κ2) is 1.99. The lowest BCUT2D eigenvalue weighted by Gasteiger charge is -2.17. The zero-order chi connectivity index (χ0) is 7.42. The standard InChI is InChI=1S/C9H15NO/c11-5-9-7-3-10(4-8(7)9)6-1-2-6/h6-9,11H,1-5H2. The molecule has 1 aliphatic heterocycles. The van der Waals surface area contributed by atoms with E-state index >= 15 is 0 Å². The van der Waals surface area contributed by atoms with Gasteiger partial charge in [-0.25, -0.2) is 0 Å². The number of fused-ring (bicyclic) bond motifs is 1. The van der Waals surface area contributed by atoms with Crippen LogP contribution in [0.3, 0.4) is 0 Å². The Morgan fingerprint density at radius 2 is 1.82 bits per heavy atom. The van der Waals surface area contributed by atoms with Crippen molar-refractivity contribution in [3.63, 3.8) is 0 Å². The summed E-state index contributed by atoms with van der Waals surface area (Å²) in [6, 6.07) is 0.946. The van der Waals surface area contributed by atoms with Crippen LogP contribution in [0.5, 0.6) is 0 Å². The summed E-state index contributed by atoms with van der Waals surface area (Å²) < 4.78 is 0. The van der Waals surface area contributed by atoms with Crippen LogP contribution in [0.15, 0.2) is 0 Å². The van der Waals surface area contributed by atoms with Gasteiger partial charge in [-0.05, 0) is 30.6 Å². The average molecular weight is 153 g/mol. The maximum absolute atomic E-state index is 8.93. The van der Waals surface area contributed by atoms with Crippen molar-refractivity contribution in [3.05, 3.63) is 0 Å². The Labute approximate surface area is 67.2 Å². The van der Waals surface area contributed by atoms with Crippen LogP contribution in [-0.4, -0.2) is 35.7 Å². The van der Waals surface area contributed by atoms with Gasteiger partial charge in [0.05, 0.1) is 0 Å². The first kappa shape index (κ1) is 6.44. The van der Waals surface area contributed by atoms with E-state index in [1.54, 1.807) is 0 Å². The highest BCUT2D eigenvalue weighted by molar-refractivity contribution is 5.07. The molecule has 1 saturated heterocycles. The molecule has 0 radical (unpaired) electrons. The molecule has 2 saturated carbocycles. The predicted molar refractivity (Wildman–Crippen MR) is 42.2 cm³/mol. The van der Waals surface area contributed by atoms with Crippen molar-refractivity contribution in [2.24, 2.45) is 17.8 Å². The Morgan fingerprint density at radius 1 is 1.18 bits per heavy atom. The number of hydrogen-bond acceptors (Lipinski definition) is 2. The summed E-state index contributed by atoms with van der Waals surface area (Å²) in [7, 11) is 0. The van der Waals surface area contributed by atoms with E-state index in [9.17, 15) is 0 Å². The van der Waals surface area contributed by atoms with Gasteiger partial charge >= 0.3 is 0 Å². The molecule has 0 aromatic carbocycles. The molecule has 2 nitrogen and oxygen atoms in total. The largest absolute Gasteiger partial charge is 0.396 e. The normalized spacial score (nSPS) is 49.4. The van der Waals surface area contributed by atoms with Crippen molar-refractivity contribution >= 4 is 0 Å². The predicted octanol–water partition coefficient (Wildman–Crippen LogP) is 0.319. The number of aliphatic hydroxyl groups is 1. The van der Waals surface area contributed by atoms with Crippen molar-refractivity contribution in [3.8, 4) is 0 Å². The molecule has 62 valence electrons. The third kappa shape index (κ3) is 0.859. The molecule has 2 unspecified atom stereocenters. The van der Waals surface area contributed by atoms with Crippen LogP contribution < -0.4 is 0 Å². The van der Waals surface area contributed by atoms with Crippen LogP contribution in [0.25, 0.3) is 0 Å². The Hall–Kier alpha value is -0.0800. The first-order chi connectivity index (χ1) is 5.40. The second-order valence-electron chi connectivity index (χ2n) is 4.36. The molecular formula is C9H15NO. The number of nitrogens with zero attached hydrogens (tertiary/aromatic N) is 1. The van der Waals surface area contributed by atoms with Gasteiger partial charge in [-0.1, -0.05) is 0 Å². The van der Waals surface area contributed by atoms with Crippen LogP contribution in [-0.2, 0) is 0 Å². The number of rotatable bonds is 2. The fourth-order valence-electron chi connectivity index (χ4n) is 2.69. The molecule has 1 N–H and O–H groups in total. The first-order valence-electron chi connectivity index (χ1n) is 4.75. The summed E-state index contributed by atoms with van der Waals surface area (Å²) in [5.74, 6) is 2.44. The lowest BCUT2D eigenvalue weighted by Crippen LogP contribution is -2.27. The zero-order valence-electron chi connectivity index (χ0n) is 6.74. The van der Waals surface area contributed by atoms with E-state index in [-0.39, 0.29) is 0 Å². The van der Waals surface area contributed by atoms with Crippen LogP contribution >= 0.6 is 0 Å². The summed E-state index contributed by atoms with van der Waals surface area (Å²) in [6.07, 6.45) is 2.87. The maximum atomic E-state index is 8.93. The smallest absolute Gasteiger partial charge is 0.0465 e. The van der Waals surface area contributed by atoms with Crippen LogP contribution in [0.2, 0.25) is 0 Å². The molecule has 11 heavy (non-hydrogen) atoms. The Bertz CT molecular complexity index is 166. The molecule has 0 spiro atoms. The van der Waals surface area contributed by atoms with Gasteiger partial charge in [0, 0.05) is 25.7 Å². The molecule has 2 heteroatoms. The summed E-state index contributed by atoms with van der Waals surface area (Å²) in [6.45, 7) is 3.02. The van der Waals surface area contributed by atoms with E-state index in [1.807, 2.05) is 0 Å². The highest BCUT2D eigenvalue weighted by Crippen LogP contribution is 2.53. The number of hydrogen-bond donors (Lipinski definition) is 1. The van der Waals surface area contributed by atoms with Crippen LogP contribution in [0.4, 0.5) is 0 Å². The molecule has 0 bridgehead atoms. The molecule has 0 amide bonds. The van der Waals surface area contributed by atoms with E-state index in [1.165, 1.54) is 25.9 Å². The van der Waals surface area contributed by atoms with Crippen molar-refractivity contribution in [1.82, 2.24) is 4.90 Å². The van der Waals surface area contributed by atoms with E-state index in [0.29, 0.717) is 12.5 Å². The van der Waals surface area contributed by atoms with Crippen molar-refractivity contribution in [2.45, 2.75) is 18.9 Å². The monoisotopic (exact) mass is 153 g/mol. The van der Waals surface area contributed by atoms with Gasteiger partial charge in [-0.3, -0.25) is 4.90 Å². The van der Waals surface area contributed by atoms with E-state index in [4.69, 9.17) is 5.11 Å². The Kier molecular flexibility index (Phi) is 1.16. The first-order valence-corrected chi connectivity index (χ1v) is 4.75. The van der Waals surface area contributed by atoms with E-state index < -0.39 is 0 Å². The molecular weight excluding hydrogens is 138 g/mol. The van der Waals surface area contributed by atoms with Crippen molar-refractivity contribution in [2.75, 3.05) is 19.7 Å². The number of likely N-dealkylation sites (tertiary alicyclic amines) is 1. The third-order valence-corrected chi connectivity index (χ3v) is 3.67. The number of aliphatic hydroxyl groups excluding tert-OH is 1. The van der Waals surface area contributed by atoms with Crippen LogP contribution in [0, 0.1) is 17.8 Å². The third-order valence-electron chi connectivity index (χ3n) is 3.67. The molecule has 2 atom stereocenters. The minimum absolute atomic E-state index is 0.438. The molecule has 2 aliphatic carbocycles. The van der Waals surface area contributed by atoms with E-state index in [0.717, 1.165) is 17.9 Å². The molecule has 3 aliphatic rings. The SMILES string of the molecule is OCC1C2CN(C3CC3)CC12. The van der Waals surface area contributed by atoms with Crippen molar-refractivity contribution in [1.29, 1.82) is 0 Å². The molecule has 3 rings (SSSR count). The van der Waals surface area contributed by atoms with Crippen LogP contribution in [0.1, 0.15) is 12.8 Å². The zero-order valence-corrected chi connectivity index (χ0v) is 6.74. The Morgan fingerprint density at radius 3 is 2.27 bits per heavy atom. The quantitative estimate of drug-likeness (QED) is 0.617. The number of piperidine rings is 1. The summed E-state index contributed by atoms with van der Waals surface area (Å²) >= 11 is 0. The molecule has 0 aromatic heterocycles. The van der Waals surface area contributed by atoms with Crippen molar-refractivity contribution < 1.29 is 5.11 Å². The highest BCUT2D eigenvalue weighted by atomic mass is 16.3. The lowest BCUT2D eigenvalue weighted by molar-refractivity contribution is 0.216. The summed E-state index contributed by atoms with van der Waals surface area (Å²) in [4.78, 5) is 2.63. The van der Waals surface area contributed by atoms with Gasteiger partial charge in [0.15, 0.2) is 0 Å². The van der Waals surface area contributed by atoms with Gasteiger partial charge in [-0.2, -0.15) is 0 Å². The van der Waals surface area contributed by atoms with Gasteiger partial charge in [-0.15, -0.1) is 0 Å². The van der Waals surface area contributed by atoms with Gasteiger partial charge in [0.25, 0.3) is 0 Å². The molecule has 3 fully saturated rings. The molecule has 1 heterocycles. The topological polar surface area (TPSA) is 23.5 Å². The fourth-order valence-corrected chi connectivity index (χ4v) is 2.69. The minimum Gasteiger partial charge on any atom is -0.396 e. The molecule has 0 aromatic rings. The fraction of sp³-hybridized carbons (Fsp3) is 1.00. The van der Waals surface area contributed by atoms with E-state index in [2.05, 4.69) is 4.90 Å². The highest BCUT2D eigenvalue weighted by Gasteiger charge is 2.56.